The van der Waals surface area contributed by atoms with Crippen LogP contribution in [0.3, 0.4) is 0 Å². The van der Waals surface area contributed by atoms with E-state index in [0.29, 0.717) is 18.7 Å². The first-order valence-corrected chi connectivity index (χ1v) is 8.49. The molecule has 2 aliphatic heterocycles. The Hall–Kier alpha value is -1.14. The zero-order valence-electron chi connectivity index (χ0n) is 13.6. The molecule has 0 aromatic carbocycles. The molecule has 3 fully saturated rings. The number of carbonyl (C=O) groups is 2. The fourth-order valence-electron chi connectivity index (χ4n) is 3.91. The number of rotatable bonds is 4. The van der Waals surface area contributed by atoms with Gasteiger partial charge in [-0.1, -0.05) is 12.8 Å². The number of imide groups is 1. The highest BCUT2D eigenvalue weighted by atomic mass is 16.5. The number of nitrogens with one attached hydrogen (secondary N) is 1. The summed E-state index contributed by atoms with van der Waals surface area (Å²) in [6.07, 6.45) is 6.15. The van der Waals surface area contributed by atoms with E-state index in [1.165, 1.54) is 30.6 Å². The number of urea groups is 1. The van der Waals surface area contributed by atoms with Crippen LogP contribution in [0.4, 0.5) is 4.79 Å². The maximum atomic E-state index is 12.2. The molecule has 0 bridgehead atoms. The summed E-state index contributed by atoms with van der Waals surface area (Å²) < 4.78 is 5.88. The molecule has 0 aromatic rings. The molecule has 2 atom stereocenters. The van der Waals surface area contributed by atoms with Gasteiger partial charge in [-0.25, -0.2) is 4.79 Å². The topological polar surface area (TPSA) is 61.9 Å². The Morgan fingerprint density at radius 2 is 2.00 bits per heavy atom. The van der Waals surface area contributed by atoms with Gasteiger partial charge in [0.25, 0.3) is 5.91 Å². The van der Waals surface area contributed by atoms with Gasteiger partial charge in [0.05, 0.1) is 12.7 Å². The first kappa shape index (κ1) is 15.7. The van der Waals surface area contributed by atoms with Crippen LogP contribution in [0.5, 0.6) is 0 Å². The molecule has 6 heteroatoms. The fourth-order valence-corrected chi connectivity index (χ4v) is 3.91. The van der Waals surface area contributed by atoms with Crippen molar-refractivity contribution in [3.63, 3.8) is 0 Å². The molecule has 2 saturated heterocycles. The lowest BCUT2D eigenvalue weighted by molar-refractivity contribution is -0.130. The molecule has 0 unspecified atom stereocenters. The highest BCUT2D eigenvalue weighted by Gasteiger charge is 2.44. The van der Waals surface area contributed by atoms with Gasteiger partial charge in [-0.3, -0.25) is 14.6 Å². The van der Waals surface area contributed by atoms with Gasteiger partial charge in [-0.05, 0) is 33.1 Å². The minimum Gasteiger partial charge on any atom is -0.375 e. The number of carbonyl (C=O) groups excluding carboxylic acids is 2. The van der Waals surface area contributed by atoms with Crippen LogP contribution in [0.1, 0.15) is 46.0 Å². The third kappa shape index (κ3) is 2.99. The van der Waals surface area contributed by atoms with Crippen LogP contribution in [0.25, 0.3) is 0 Å². The van der Waals surface area contributed by atoms with E-state index in [1.807, 2.05) is 0 Å². The van der Waals surface area contributed by atoms with Gasteiger partial charge in [0.1, 0.15) is 5.54 Å². The summed E-state index contributed by atoms with van der Waals surface area (Å²) in [4.78, 5) is 27.9. The van der Waals surface area contributed by atoms with E-state index in [0.717, 1.165) is 26.1 Å². The largest absolute Gasteiger partial charge is 0.375 e. The van der Waals surface area contributed by atoms with Crippen molar-refractivity contribution < 1.29 is 14.3 Å². The third-order valence-corrected chi connectivity index (χ3v) is 5.12. The maximum absolute atomic E-state index is 12.2. The predicted octanol–water partition coefficient (Wildman–Crippen LogP) is 1.35. The summed E-state index contributed by atoms with van der Waals surface area (Å²) in [5, 5.41) is 2.73. The number of amides is 3. The number of hydrogen-bond acceptors (Lipinski definition) is 4. The van der Waals surface area contributed by atoms with Crippen molar-refractivity contribution in [2.24, 2.45) is 0 Å². The second-order valence-corrected chi connectivity index (χ2v) is 7.16. The summed E-state index contributed by atoms with van der Waals surface area (Å²) in [5.41, 5.74) is -0.759. The molecule has 0 spiro atoms. The molecule has 0 aromatic heterocycles. The smallest absolute Gasteiger partial charge is 0.325 e. The first-order valence-electron chi connectivity index (χ1n) is 8.49. The zero-order valence-corrected chi connectivity index (χ0v) is 13.6. The van der Waals surface area contributed by atoms with E-state index in [-0.39, 0.29) is 11.9 Å². The molecular weight excluding hydrogens is 282 g/mol. The average molecular weight is 309 g/mol. The van der Waals surface area contributed by atoms with Crippen LogP contribution in [0, 0.1) is 0 Å². The summed E-state index contributed by atoms with van der Waals surface area (Å²) in [5.74, 6) is -0.116. The van der Waals surface area contributed by atoms with Crippen LogP contribution in [-0.4, -0.2) is 65.7 Å². The number of nitrogens with zero attached hydrogens (tertiary/aromatic N) is 2. The number of hydrogen-bond donors (Lipinski definition) is 1. The molecule has 6 nitrogen and oxygen atoms in total. The maximum Gasteiger partial charge on any atom is 0.325 e. The Morgan fingerprint density at radius 1 is 1.23 bits per heavy atom. The Balaban J connectivity index is 1.50. The van der Waals surface area contributed by atoms with Crippen molar-refractivity contribution in [3.8, 4) is 0 Å². The molecule has 0 radical (unpaired) electrons. The van der Waals surface area contributed by atoms with E-state index >= 15 is 0 Å². The third-order valence-electron chi connectivity index (χ3n) is 5.12. The molecule has 1 N–H and O–H groups in total. The van der Waals surface area contributed by atoms with Gasteiger partial charge in [-0.15, -0.1) is 0 Å². The summed E-state index contributed by atoms with van der Waals surface area (Å²) in [6.45, 7) is 6.71. The second kappa shape index (κ2) is 6.16. The number of fused-ring (bicyclic) bond motifs is 1. The molecule has 124 valence electrons. The van der Waals surface area contributed by atoms with Crippen LogP contribution in [-0.2, 0) is 9.53 Å². The number of ether oxygens (including phenoxy) is 1. The minimum atomic E-state index is -0.759. The van der Waals surface area contributed by atoms with Gasteiger partial charge in [-0.2, -0.15) is 0 Å². The first-order chi connectivity index (χ1) is 10.5. The Labute approximate surface area is 132 Å². The Kier molecular flexibility index (Phi) is 4.41. The van der Waals surface area contributed by atoms with Crippen molar-refractivity contribution in [1.82, 2.24) is 15.1 Å². The molecule has 22 heavy (non-hydrogen) atoms. The monoisotopic (exact) mass is 309 g/mol. The standard InChI is InChI=1S/C16H27N3O3/c1-16(2)14(20)19(15(21)17-16)9-5-8-18-10-11-22-13-7-4-3-6-12(13)18/h12-13H,3-11H2,1-2H3,(H,17,21)/t12-,13+/m0/s1. The van der Waals surface area contributed by atoms with Gasteiger partial charge >= 0.3 is 6.03 Å². The average Bonchev–Trinajstić information content (AvgIpc) is 2.69. The lowest BCUT2D eigenvalue weighted by atomic mass is 9.90. The highest BCUT2D eigenvalue weighted by molar-refractivity contribution is 6.06. The molecule has 2 heterocycles. The van der Waals surface area contributed by atoms with Crippen molar-refractivity contribution in [3.05, 3.63) is 0 Å². The van der Waals surface area contributed by atoms with Gasteiger partial charge < -0.3 is 10.1 Å². The van der Waals surface area contributed by atoms with Crippen molar-refractivity contribution in [1.29, 1.82) is 0 Å². The van der Waals surface area contributed by atoms with E-state index < -0.39 is 5.54 Å². The van der Waals surface area contributed by atoms with Crippen molar-refractivity contribution in [2.75, 3.05) is 26.2 Å². The molecule has 1 aliphatic carbocycles. The van der Waals surface area contributed by atoms with E-state index in [1.54, 1.807) is 13.8 Å². The Morgan fingerprint density at radius 3 is 2.73 bits per heavy atom. The van der Waals surface area contributed by atoms with E-state index in [4.69, 9.17) is 4.74 Å². The Bertz CT molecular complexity index is 450. The van der Waals surface area contributed by atoms with Crippen LogP contribution in [0.15, 0.2) is 0 Å². The molecular formula is C16H27N3O3. The molecule has 3 aliphatic rings. The summed E-state index contributed by atoms with van der Waals surface area (Å²) >= 11 is 0. The fraction of sp³-hybridized carbons (Fsp3) is 0.875. The zero-order chi connectivity index (χ0) is 15.7. The van der Waals surface area contributed by atoms with Crippen molar-refractivity contribution >= 4 is 11.9 Å². The molecule has 3 amide bonds. The quantitative estimate of drug-likeness (QED) is 0.796. The van der Waals surface area contributed by atoms with Crippen LogP contribution in [0.2, 0.25) is 0 Å². The van der Waals surface area contributed by atoms with Gasteiger partial charge in [0, 0.05) is 25.7 Å². The summed E-state index contributed by atoms with van der Waals surface area (Å²) in [6, 6.07) is 0.273. The highest BCUT2D eigenvalue weighted by Crippen LogP contribution is 2.28. The van der Waals surface area contributed by atoms with E-state index in [9.17, 15) is 9.59 Å². The summed E-state index contributed by atoms with van der Waals surface area (Å²) in [7, 11) is 0. The normalized spacial score (nSPS) is 32.0. The van der Waals surface area contributed by atoms with Crippen LogP contribution < -0.4 is 5.32 Å². The van der Waals surface area contributed by atoms with Gasteiger partial charge in [0.15, 0.2) is 0 Å². The van der Waals surface area contributed by atoms with Crippen molar-refractivity contribution in [2.45, 2.75) is 63.6 Å². The predicted molar refractivity (Wildman–Crippen MR) is 82.5 cm³/mol. The second-order valence-electron chi connectivity index (χ2n) is 7.16. The lowest BCUT2D eigenvalue weighted by Crippen LogP contribution is -2.53. The SMILES string of the molecule is CC1(C)NC(=O)N(CCCN2CCO[C@@H]3CCCC[C@@H]32)C1=O. The van der Waals surface area contributed by atoms with Gasteiger partial charge in [0.2, 0.25) is 0 Å². The van der Waals surface area contributed by atoms with Crippen LogP contribution >= 0.6 is 0 Å². The van der Waals surface area contributed by atoms with E-state index in [2.05, 4.69) is 10.2 Å². The molecule has 3 rings (SSSR count). The minimum absolute atomic E-state index is 0.116. The number of morpholine rings is 1. The molecule has 1 saturated carbocycles. The lowest BCUT2D eigenvalue weighted by Gasteiger charge is -2.44.